The van der Waals surface area contributed by atoms with Crippen molar-refractivity contribution >= 4 is 17.5 Å². The van der Waals surface area contributed by atoms with E-state index < -0.39 is 0 Å². The zero-order chi connectivity index (χ0) is 13.9. The number of aromatic nitrogens is 3. The van der Waals surface area contributed by atoms with E-state index in [1.807, 2.05) is 20.8 Å². The Kier molecular flexibility index (Phi) is 3.59. The molecule has 2 N–H and O–H groups in total. The number of benzene rings is 1. The summed E-state index contributed by atoms with van der Waals surface area (Å²) in [7, 11) is 0. The zero-order valence-electron chi connectivity index (χ0n) is 11.1. The van der Waals surface area contributed by atoms with Crippen LogP contribution in [0.4, 0.5) is 21.8 Å². The van der Waals surface area contributed by atoms with Gasteiger partial charge in [-0.25, -0.2) is 4.39 Å². The van der Waals surface area contributed by atoms with Gasteiger partial charge in [0, 0.05) is 5.54 Å². The van der Waals surface area contributed by atoms with E-state index in [0.717, 1.165) is 0 Å². The van der Waals surface area contributed by atoms with Gasteiger partial charge in [0.15, 0.2) is 5.82 Å². The van der Waals surface area contributed by atoms with E-state index in [1.54, 1.807) is 18.2 Å². The average molecular weight is 261 g/mol. The molecule has 0 spiro atoms. The summed E-state index contributed by atoms with van der Waals surface area (Å²) in [6, 6.07) is 6.39. The molecule has 19 heavy (non-hydrogen) atoms. The molecule has 0 fully saturated rings. The molecule has 2 rings (SSSR count). The van der Waals surface area contributed by atoms with Crippen molar-refractivity contribution in [1.29, 1.82) is 0 Å². The fraction of sp³-hybridized carbons (Fsp3) is 0.308. The van der Waals surface area contributed by atoms with Crippen molar-refractivity contribution in [3.8, 4) is 0 Å². The first-order valence-electron chi connectivity index (χ1n) is 5.93. The number of rotatable bonds is 3. The van der Waals surface area contributed by atoms with Crippen LogP contribution in [0.25, 0.3) is 0 Å². The normalized spacial score (nSPS) is 11.2. The molecule has 0 saturated heterocycles. The molecule has 0 aliphatic rings. The molecule has 1 aromatic carbocycles. The highest BCUT2D eigenvalue weighted by molar-refractivity contribution is 5.56. The van der Waals surface area contributed by atoms with Crippen molar-refractivity contribution in [2.45, 2.75) is 26.3 Å². The average Bonchev–Trinajstić information content (AvgIpc) is 2.30. The second kappa shape index (κ2) is 5.17. The maximum absolute atomic E-state index is 13.5. The van der Waals surface area contributed by atoms with Gasteiger partial charge in [0.2, 0.25) is 5.95 Å². The van der Waals surface area contributed by atoms with Crippen LogP contribution < -0.4 is 10.6 Å². The van der Waals surface area contributed by atoms with Gasteiger partial charge >= 0.3 is 0 Å². The summed E-state index contributed by atoms with van der Waals surface area (Å²) in [5.41, 5.74) is 0.183. The van der Waals surface area contributed by atoms with E-state index in [1.165, 1.54) is 12.3 Å². The third kappa shape index (κ3) is 3.87. The zero-order valence-corrected chi connectivity index (χ0v) is 11.1. The van der Waals surface area contributed by atoms with Crippen molar-refractivity contribution in [3.63, 3.8) is 0 Å². The highest BCUT2D eigenvalue weighted by atomic mass is 19.1. The molecule has 0 saturated carbocycles. The third-order valence-electron chi connectivity index (χ3n) is 2.18. The largest absolute Gasteiger partial charge is 0.348 e. The van der Waals surface area contributed by atoms with Crippen LogP contribution in [-0.4, -0.2) is 20.7 Å². The van der Waals surface area contributed by atoms with E-state index in [9.17, 15) is 4.39 Å². The third-order valence-corrected chi connectivity index (χ3v) is 2.18. The summed E-state index contributed by atoms with van der Waals surface area (Å²) in [4.78, 5) is 4.23. The summed E-state index contributed by atoms with van der Waals surface area (Å²) < 4.78 is 13.5. The maximum atomic E-state index is 13.5. The van der Waals surface area contributed by atoms with E-state index in [-0.39, 0.29) is 11.4 Å². The molecule has 0 aliphatic heterocycles. The van der Waals surface area contributed by atoms with Gasteiger partial charge < -0.3 is 10.6 Å². The van der Waals surface area contributed by atoms with Gasteiger partial charge in [-0.3, -0.25) is 0 Å². The van der Waals surface area contributed by atoms with Crippen LogP contribution in [0.2, 0.25) is 0 Å². The summed E-state index contributed by atoms with van der Waals surface area (Å²) in [6.07, 6.45) is 1.44. The topological polar surface area (TPSA) is 62.7 Å². The lowest BCUT2D eigenvalue weighted by molar-refractivity contribution is 0.622. The quantitative estimate of drug-likeness (QED) is 0.889. The Labute approximate surface area is 111 Å². The molecule has 0 bridgehead atoms. The monoisotopic (exact) mass is 261 g/mol. The predicted molar refractivity (Wildman–Crippen MR) is 72.9 cm³/mol. The molecular formula is C13H16FN5. The molecule has 100 valence electrons. The molecule has 1 aromatic heterocycles. The Bertz CT molecular complexity index is 565. The minimum atomic E-state index is -0.341. The van der Waals surface area contributed by atoms with E-state index >= 15 is 0 Å². The molecule has 0 amide bonds. The van der Waals surface area contributed by atoms with E-state index in [2.05, 4.69) is 25.8 Å². The Hall–Kier alpha value is -2.24. The molecule has 2 aromatic rings. The lowest BCUT2D eigenvalue weighted by Crippen LogP contribution is -2.27. The Morgan fingerprint density at radius 3 is 2.58 bits per heavy atom. The van der Waals surface area contributed by atoms with Crippen LogP contribution in [0.1, 0.15) is 20.8 Å². The summed E-state index contributed by atoms with van der Waals surface area (Å²) in [5.74, 6) is 0.493. The minimum absolute atomic E-state index is 0.168. The molecule has 1 heterocycles. The van der Waals surface area contributed by atoms with Crippen LogP contribution in [0.5, 0.6) is 0 Å². The van der Waals surface area contributed by atoms with Gasteiger partial charge in [0.05, 0.1) is 11.9 Å². The van der Waals surface area contributed by atoms with Crippen LogP contribution in [0.15, 0.2) is 30.5 Å². The SMILES string of the molecule is CC(C)(C)Nc1nncc(Nc2ccccc2F)n1. The van der Waals surface area contributed by atoms with Crippen molar-refractivity contribution in [1.82, 2.24) is 15.2 Å². The molecule has 0 aliphatic carbocycles. The summed E-state index contributed by atoms with van der Waals surface area (Å²) >= 11 is 0. The van der Waals surface area contributed by atoms with Crippen LogP contribution in [0.3, 0.4) is 0 Å². The molecule has 5 nitrogen and oxygen atoms in total. The van der Waals surface area contributed by atoms with Crippen LogP contribution in [0, 0.1) is 5.82 Å². The first-order chi connectivity index (χ1) is 8.94. The van der Waals surface area contributed by atoms with Crippen molar-refractivity contribution in [2.75, 3.05) is 10.6 Å². The van der Waals surface area contributed by atoms with Gasteiger partial charge in [-0.15, -0.1) is 5.10 Å². The smallest absolute Gasteiger partial charge is 0.245 e. The fourth-order valence-corrected chi connectivity index (χ4v) is 1.45. The fourth-order valence-electron chi connectivity index (χ4n) is 1.45. The van der Waals surface area contributed by atoms with Gasteiger partial charge in [0.1, 0.15) is 5.82 Å². The first-order valence-corrected chi connectivity index (χ1v) is 5.93. The minimum Gasteiger partial charge on any atom is -0.348 e. The van der Waals surface area contributed by atoms with Crippen LogP contribution >= 0.6 is 0 Å². The standard InChI is InChI=1S/C13H16FN5/c1-13(2,3)18-12-17-11(8-15-19-12)16-10-7-5-4-6-9(10)14/h4-8H,1-3H3,(H2,16,17,18,19). The molecule has 0 radical (unpaired) electrons. The van der Waals surface area contributed by atoms with Gasteiger partial charge in [-0.05, 0) is 32.9 Å². The number of para-hydroxylation sites is 1. The summed E-state index contributed by atoms with van der Waals surface area (Å²) in [5, 5.41) is 13.7. The number of nitrogens with one attached hydrogen (secondary N) is 2. The number of hydrogen-bond donors (Lipinski definition) is 2. The molecule has 0 unspecified atom stereocenters. The van der Waals surface area contributed by atoms with Gasteiger partial charge in [0.25, 0.3) is 0 Å². The highest BCUT2D eigenvalue weighted by Crippen LogP contribution is 2.18. The summed E-state index contributed by atoms with van der Waals surface area (Å²) in [6.45, 7) is 5.98. The number of hydrogen-bond acceptors (Lipinski definition) is 5. The Morgan fingerprint density at radius 2 is 1.89 bits per heavy atom. The Balaban J connectivity index is 2.18. The Morgan fingerprint density at radius 1 is 1.16 bits per heavy atom. The van der Waals surface area contributed by atoms with E-state index in [4.69, 9.17) is 0 Å². The van der Waals surface area contributed by atoms with Gasteiger partial charge in [-0.1, -0.05) is 12.1 Å². The van der Waals surface area contributed by atoms with Crippen LogP contribution in [-0.2, 0) is 0 Å². The highest BCUT2D eigenvalue weighted by Gasteiger charge is 2.12. The number of anilines is 3. The van der Waals surface area contributed by atoms with Gasteiger partial charge in [-0.2, -0.15) is 10.1 Å². The lowest BCUT2D eigenvalue weighted by Gasteiger charge is -2.20. The maximum Gasteiger partial charge on any atom is 0.245 e. The molecule has 0 atom stereocenters. The predicted octanol–water partition coefficient (Wildman–Crippen LogP) is 2.96. The van der Waals surface area contributed by atoms with Crippen molar-refractivity contribution in [3.05, 3.63) is 36.3 Å². The second-order valence-corrected chi connectivity index (χ2v) is 5.15. The lowest BCUT2D eigenvalue weighted by atomic mass is 10.1. The first kappa shape index (κ1) is 13.2. The van der Waals surface area contributed by atoms with E-state index in [0.29, 0.717) is 17.5 Å². The van der Waals surface area contributed by atoms with Crippen molar-refractivity contribution in [2.24, 2.45) is 0 Å². The van der Waals surface area contributed by atoms with Crippen molar-refractivity contribution < 1.29 is 4.39 Å². The molecule has 6 heteroatoms. The molecular weight excluding hydrogens is 245 g/mol. The second-order valence-electron chi connectivity index (χ2n) is 5.15. The number of nitrogens with zero attached hydrogens (tertiary/aromatic N) is 3. The number of halogens is 1.